The Labute approximate surface area is 173 Å². The maximum atomic E-state index is 2.34. The Bertz CT molecular complexity index is 759. The average molecular weight is 447 g/mol. The Hall–Kier alpha value is -1.14. The Kier molecular flexibility index (Phi) is 7.69. The minimum absolute atomic E-state index is 0. The van der Waals surface area contributed by atoms with Crippen LogP contribution in [0.2, 0.25) is 0 Å². The Balaban J connectivity index is 0.00000113. The van der Waals surface area contributed by atoms with E-state index in [0.29, 0.717) is 0 Å². The van der Waals surface area contributed by atoms with Gasteiger partial charge < -0.3 is 0 Å². The topological polar surface area (TPSA) is 0 Å². The van der Waals surface area contributed by atoms with Crippen LogP contribution in [0.1, 0.15) is 24.0 Å². The van der Waals surface area contributed by atoms with Crippen LogP contribution in [-0.4, -0.2) is 0 Å². The van der Waals surface area contributed by atoms with Gasteiger partial charge in [-0.1, -0.05) is 0 Å². The molecule has 0 nitrogen and oxygen atoms in total. The van der Waals surface area contributed by atoms with E-state index in [9.17, 15) is 0 Å². The zero-order valence-electron chi connectivity index (χ0n) is 13.8. The third-order valence-electron chi connectivity index (χ3n) is 4.33. The van der Waals surface area contributed by atoms with Crippen LogP contribution < -0.4 is 0 Å². The van der Waals surface area contributed by atoms with E-state index in [1.165, 1.54) is 22.3 Å². The minimum atomic E-state index is -0.712. The van der Waals surface area contributed by atoms with Crippen LogP contribution in [0.4, 0.5) is 0 Å². The first kappa shape index (κ1) is 20.2. The summed E-state index contributed by atoms with van der Waals surface area (Å²) in [5, 5.41) is 0. The summed E-state index contributed by atoms with van der Waals surface area (Å²) in [7, 11) is 0. The summed E-state index contributed by atoms with van der Waals surface area (Å²) in [6.07, 6.45) is 11.6. The smallest absolute Gasteiger partial charge is 0.147 e. The zero-order chi connectivity index (χ0) is 15.5. The second-order valence-corrected chi connectivity index (χ2v) is 9.44. The SMILES string of the molecule is C1=CC(c2ccccc2)=[C]([Zr][C]2=C(c3ccccc3)C=CC2)C1.Cl.Cl. The van der Waals surface area contributed by atoms with E-state index in [-0.39, 0.29) is 24.8 Å². The fourth-order valence-electron chi connectivity index (χ4n) is 3.21. The summed E-state index contributed by atoms with van der Waals surface area (Å²) in [6.45, 7) is 0. The van der Waals surface area contributed by atoms with Crippen molar-refractivity contribution in [2.45, 2.75) is 12.8 Å². The van der Waals surface area contributed by atoms with Crippen molar-refractivity contribution in [3.8, 4) is 0 Å². The van der Waals surface area contributed by atoms with E-state index in [4.69, 9.17) is 0 Å². The van der Waals surface area contributed by atoms with Crippen LogP contribution in [0, 0.1) is 0 Å². The molecule has 2 aromatic rings. The van der Waals surface area contributed by atoms with Crippen molar-refractivity contribution in [2.24, 2.45) is 0 Å². The van der Waals surface area contributed by atoms with Crippen molar-refractivity contribution >= 4 is 36.0 Å². The molecule has 0 aromatic heterocycles. The molecule has 0 fully saturated rings. The number of benzene rings is 2. The molecule has 0 aliphatic heterocycles. The minimum Gasteiger partial charge on any atom is -0.147 e. The van der Waals surface area contributed by atoms with Crippen molar-refractivity contribution in [1.82, 2.24) is 0 Å². The van der Waals surface area contributed by atoms with E-state index in [1.54, 1.807) is 6.56 Å². The molecule has 25 heavy (non-hydrogen) atoms. The molecule has 0 N–H and O–H groups in total. The molecular weight excluding hydrogens is 426 g/mol. The van der Waals surface area contributed by atoms with Crippen LogP contribution in [0.25, 0.3) is 11.1 Å². The fraction of sp³-hybridized carbons (Fsp3) is 0.0909. The molecule has 2 aromatic carbocycles. The molecule has 0 saturated heterocycles. The van der Waals surface area contributed by atoms with Crippen molar-refractivity contribution in [1.29, 1.82) is 0 Å². The number of allylic oxidation sites excluding steroid dienone is 8. The molecule has 4 rings (SSSR count). The standard InChI is InChI=1S/2C11H9.2ClH.Zr/c2*1-2-6-10(7-3-1)11-8-4-5-9-11;;;/h2*1-4,6-8H,5H2;2*1H;. The summed E-state index contributed by atoms with van der Waals surface area (Å²) < 4.78 is 3.43. The molecule has 3 heteroatoms. The first-order chi connectivity index (χ1) is 11.4. The number of hydrogen-bond donors (Lipinski definition) is 0. The first-order valence-corrected chi connectivity index (χ1v) is 10.5. The summed E-state index contributed by atoms with van der Waals surface area (Å²) in [4.78, 5) is 0. The van der Waals surface area contributed by atoms with Gasteiger partial charge in [0, 0.05) is 0 Å². The summed E-state index contributed by atoms with van der Waals surface area (Å²) in [5.74, 6) is 0. The average Bonchev–Trinajstić information content (AvgIpc) is 3.26. The maximum Gasteiger partial charge on any atom is -0.147 e. The third kappa shape index (κ3) is 4.53. The predicted molar refractivity (Wildman–Crippen MR) is 109 cm³/mol. The van der Waals surface area contributed by atoms with E-state index in [2.05, 4.69) is 85.0 Å². The molecule has 0 unspecified atom stereocenters. The van der Waals surface area contributed by atoms with Gasteiger partial charge in [-0.05, 0) is 0 Å². The zero-order valence-corrected chi connectivity index (χ0v) is 17.9. The molecule has 2 aliphatic carbocycles. The first-order valence-electron chi connectivity index (χ1n) is 8.09. The molecule has 0 bridgehead atoms. The predicted octanol–water partition coefficient (Wildman–Crippen LogP) is 6.65. The molecule has 0 spiro atoms. The Morgan fingerprint density at radius 2 is 0.960 bits per heavy atom. The van der Waals surface area contributed by atoms with Crippen LogP contribution in [0.3, 0.4) is 0 Å². The van der Waals surface area contributed by atoms with Crippen LogP contribution in [0.5, 0.6) is 0 Å². The Morgan fingerprint density at radius 1 is 0.560 bits per heavy atom. The van der Waals surface area contributed by atoms with Crippen molar-refractivity contribution in [3.05, 3.63) is 103 Å². The molecule has 0 radical (unpaired) electrons. The summed E-state index contributed by atoms with van der Waals surface area (Å²) >= 11 is -0.712. The fourth-order valence-corrected chi connectivity index (χ4v) is 6.96. The van der Waals surface area contributed by atoms with Gasteiger partial charge in [-0.15, -0.1) is 24.8 Å². The summed E-state index contributed by atoms with van der Waals surface area (Å²) in [5.41, 5.74) is 5.74. The van der Waals surface area contributed by atoms with Gasteiger partial charge >= 0.3 is 150 Å². The largest absolute Gasteiger partial charge is 0.147 e. The van der Waals surface area contributed by atoms with E-state index >= 15 is 0 Å². The normalized spacial score (nSPS) is 15.2. The van der Waals surface area contributed by atoms with Gasteiger partial charge in [0.1, 0.15) is 0 Å². The van der Waals surface area contributed by atoms with Gasteiger partial charge in [0.2, 0.25) is 0 Å². The Morgan fingerprint density at radius 3 is 1.36 bits per heavy atom. The maximum absolute atomic E-state index is 2.34. The third-order valence-corrected chi connectivity index (χ3v) is 8.15. The van der Waals surface area contributed by atoms with Gasteiger partial charge in [0.05, 0.1) is 0 Å². The van der Waals surface area contributed by atoms with Crippen molar-refractivity contribution < 1.29 is 23.2 Å². The van der Waals surface area contributed by atoms with Crippen LogP contribution >= 0.6 is 24.8 Å². The molecular formula is C22H20Cl2Zr. The number of hydrogen-bond acceptors (Lipinski definition) is 0. The van der Waals surface area contributed by atoms with E-state index < -0.39 is 23.2 Å². The van der Waals surface area contributed by atoms with Crippen LogP contribution in [0.15, 0.2) is 91.5 Å². The molecule has 2 aliphatic rings. The molecule has 0 saturated carbocycles. The quantitative estimate of drug-likeness (QED) is 0.493. The van der Waals surface area contributed by atoms with Gasteiger partial charge in [-0.25, -0.2) is 0 Å². The monoisotopic (exact) mass is 444 g/mol. The summed E-state index contributed by atoms with van der Waals surface area (Å²) in [6, 6.07) is 21.7. The van der Waals surface area contributed by atoms with Crippen molar-refractivity contribution in [3.63, 3.8) is 0 Å². The van der Waals surface area contributed by atoms with E-state index in [0.717, 1.165) is 12.8 Å². The second kappa shape index (κ2) is 9.53. The van der Waals surface area contributed by atoms with Gasteiger partial charge in [0.25, 0.3) is 0 Å². The number of rotatable bonds is 4. The van der Waals surface area contributed by atoms with Gasteiger partial charge in [-0.2, -0.15) is 0 Å². The molecule has 126 valence electrons. The molecule has 0 amide bonds. The molecule has 0 atom stereocenters. The van der Waals surface area contributed by atoms with Crippen LogP contribution in [-0.2, 0) is 23.2 Å². The molecule has 0 heterocycles. The van der Waals surface area contributed by atoms with Crippen molar-refractivity contribution in [2.75, 3.05) is 0 Å². The second-order valence-electron chi connectivity index (χ2n) is 5.85. The van der Waals surface area contributed by atoms with E-state index in [1.807, 2.05) is 0 Å². The van der Waals surface area contributed by atoms with Gasteiger partial charge in [-0.3, -0.25) is 0 Å². The van der Waals surface area contributed by atoms with Gasteiger partial charge in [0.15, 0.2) is 0 Å². The number of halogens is 2.